The number of carbonyl (C=O) groups is 1. The van der Waals surface area contributed by atoms with E-state index in [4.69, 9.17) is 10.5 Å². The van der Waals surface area contributed by atoms with E-state index in [0.29, 0.717) is 18.0 Å². The summed E-state index contributed by atoms with van der Waals surface area (Å²) in [7, 11) is 0. The molecule has 0 fully saturated rings. The number of carbonyl (C=O) groups excluding carboxylic acids is 1. The van der Waals surface area contributed by atoms with Gasteiger partial charge in [0.2, 0.25) is 5.91 Å². The van der Waals surface area contributed by atoms with Gasteiger partial charge in [0.05, 0.1) is 11.4 Å². The second-order valence-corrected chi connectivity index (χ2v) is 4.40. The van der Waals surface area contributed by atoms with E-state index in [-0.39, 0.29) is 12.5 Å². The van der Waals surface area contributed by atoms with Crippen LogP contribution in [0.25, 0.3) is 0 Å². The van der Waals surface area contributed by atoms with Crippen molar-refractivity contribution in [1.29, 1.82) is 0 Å². The molecule has 0 atom stereocenters. The molecular weight excluding hydrogens is 228 g/mol. The van der Waals surface area contributed by atoms with Crippen LogP contribution in [0.5, 0.6) is 0 Å². The smallest absolute Gasteiger partial charge is 0.250 e. The highest BCUT2D eigenvalue weighted by atomic mass is 16.5. The van der Waals surface area contributed by atoms with Crippen molar-refractivity contribution in [3.05, 3.63) is 23.8 Å². The number of nitrogen functional groups attached to an aromatic ring is 1. The Labute approximate surface area is 109 Å². The number of hydrogen-bond donors (Lipinski definition) is 2. The number of nitrogens with two attached hydrogens (primary N) is 1. The summed E-state index contributed by atoms with van der Waals surface area (Å²) in [4.78, 5) is 11.6. The summed E-state index contributed by atoms with van der Waals surface area (Å²) in [6, 6.07) is 5.55. The third-order valence-electron chi connectivity index (χ3n) is 2.61. The van der Waals surface area contributed by atoms with E-state index < -0.39 is 0 Å². The normalized spacial score (nSPS) is 10.3. The molecule has 18 heavy (non-hydrogen) atoms. The van der Waals surface area contributed by atoms with Crippen molar-refractivity contribution in [2.45, 2.75) is 33.1 Å². The molecule has 0 aliphatic heterocycles. The van der Waals surface area contributed by atoms with Gasteiger partial charge in [0.1, 0.15) is 6.61 Å². The molecule has 0 aliphatic rings. The van der Waals surface area contributed by atoms with E-state index >= 15 is 0 Å². The average molecular weight is 250 g/mol. The number of ether oxygens (including phenoxy) is 1. The fourth-order valence-corrected chi connectivity index (χ4v) is 1.60. The standard InChI is InChI=1S/C14H22N2O2/c1-3-4-5-8-18-10-14(17)16-13-7-6-11(2)9-12(13)15/h6-7,9H,3-5,8,10,15H2,1-2H3,(H,16,17). The van der Waals surface area contributed by atoms with Gasteiger partial charge in [0.25, 0.3) is 0 Å². The molecule has 1 rings (SSSR count). The maximum absolute atomic E-state index is 11.6. The summed E-state index contributed by atoms with van der Waals surface area (Å²) in [6.45, 7) is 4.80. The lowest BCUT2D eigenvalue weighted by Gasteiger charge is -2.09. The first-order valence-corrected chi connectivity index (χ1v) is 6.37. The van der Waals surface area contributed by atoms with Crippen molar-refractivity contribution in [3.63, 3.8) is 0 Å². The van der Waals surface area contributed by atoms with E-state index in [9.17, 15) is 4.79 Å². The first-order chi connectivity index (χ1) is 8.63. The summed E-state index contributed by atoms with van der Waals surface area (Å²) in [5, 5.41) is 2.74. The van der Waals surface area contributed by atoms with Gasteiger partial charge < -0.3 is 15.8 Å². The Morgan fingerprint density at radius 1 is 1.39 bits per heavy atom. The lowest BCUT2D eigenvalue weighted by atomic mass is 10.2. The Morgan fingerprint density at radius 2 is 2.17 bits per heavy atom. The molecule has 3 N–H and O–H groups in total. The van der Waals surface area contributed by atoms with Crippen LogP contribution >= 0.6 is 0 Å². The topological polar surface area (TPSA) is 64.3 Å². The SMILES string of the molecule is CCCCCOCC(=O)Nc1ccc(C)cc1N. The van der Waals surface area contributed by atoms with Gasteiger partial charge in [-0.2, -0.15) is 0 Å². The average Bonchev–Trinajstić information content (AvgIpc) is 2.32. The molecule has 0 bridgehead atoms. The molecule has 1 aromatic carbocycles. The third-order valence-corrected chi connectivity index (χ3v) is 2.61. The molecule has 0 unspecified atom stereocenters. The fourth-order valence-electron chi connectivity index (χ4n) is 1.60. The van der Waals surface area contributed by atoms with Crippen LogP contribution < -0.4 is 11.1 Å². The highest BCUT2D eigenvalue weighted by Crippen LogP contribution is 2.19. The quantitative estimate of drug-likeness (QED) is 0.577. The highest BCUT2D eigenvalue weighted by molar-refractivity contribution is 5.94. The zero-order valence-corrected chi connectivity index (χ0v) is 11.2. The molecule has 4 nitrogen and oxygen atoms in total. The maximum Gasteiger partial charge on any atom is 0.250 e. The van der Waals surface area contributed by atoms with Crippen LogP contribution in [0.2, 0.25) is 0 Å². The van der Waals surface area contributed by atoms with Crippen molar-refractivity contribution in [2.24, 2.45) is 0 Å². The predicted octanol–water partition coefficient (Wildman–Crippen LogP) is 2.72. The third kappa shape index (κ3) is 5.19. The van der Waals surface area contributed by atoms with Crippen molar-refractivity contribution < 1.29 is 9.53 Å². The number of amides is 1. The Bertz CT molecular complexity index is 391. The Balaban J connectivity index is 2.31. The zero-order chi connectivity index (χ0) is 13.4. The number of aryl methyl sites for hydroxylation is 1. The van der Waals surface area contributed by atoms with Gasteiger partial charge in [0.15, 0.2) is 0 Å². The molecule has 100 valence electrons. The monoisotopic (exact) mass is 250 g/mol. The van der Waals surface area contributed by atoms with Crippen LogP contribution in [-0.2, 0) is 9.53 Å². The minimum atomic E-state index is -0.165. The van der Waals surface area contributed by atoms with Crippen LogP contribution in [0.4, 0.5) is 11.4 Å². The lowest BCUT2D eigenvalue weighted by molar-refractivity contribution is -0.120. The van der Waals surface area contributed by atoms with Crippen LogP contribution in [0.3, 0.4) is 0 Å². The van der Waals surface area contributed by atoms with Gasteiger partial charge in [-0.3, -0.25) is 4.79 Å². The summed E-state index contributed by atoms with van der Waals surface area (Å²) < 4.78 is 5.28. The van der Waals surface area contributed by atoms with Gasteiger partial charge in [0, 0.05) is 6.61 Å². The fraction of sp³-hybridized carbons (Fsp3) is 0.500. The zero-order valence-electron chi connectivity index (χ0n) is 11.2. The molecule has 0 radical (unpaired) electrons. The second kappa shape index (κ2) is 7.71. The van der Waals surface area contributed by atoms with E-state index in [1.807, 2.05) is 19.1 Å². The van der Waals surface area contributed by atoms with Crippen LogP contribution in [0, 0.1) is 6.92 Å². The van der Waals surface area contributed by atoms with Gasteiger partial charge in [-0.15, -0.1) is 0 Å². The van der Waals surface area contributed by atoms with E-state index in [1.165, 1.54) is 0 Å². The molecule has 0 saturated carbocycles. The first kappa shape index (κ1) is 14.5. The van der Waals surface area contributed by atoms with Gasteiger partial charge in [-0.1, -0.05) is 25.8 Å². The van der Waals surface area contributed by atoms with Crippen molar-refractivity contribution in [2.75, 3.05) is 24.3 Å². The van der Waals surface area contributed by atoms with Crippen molar-refractivity contribution in [1.82, 2.24) is 0 Å². The van der Waals surface area contributed by atoms with Gasteiger partial charge >= 0.3 is 0 Å². The largest absolute Gasteiger partial charge is 0.397 e. The molecule has 1 amide bonds. The number of benzene rings is 1. The molecule has 4 heteroatoms. The molecule has 1 aromatic rings. The number of rotatable bonds is 7. The minimum absolute atomic E-state index is 0.0804. The van der Waals surface area contributed by atoms with E-state index in [2.05, 4.69) is 12.2 Å². The van der Waals surface area contributed by atoms with E-state index in [1.54, 1.807) is 6.07 Å². The number of hydrogen-bond acceptors (Lipinski definition) is 3. The van der Waals surface area contributed by atoms with Crippen LogP contribution in [-0.4, -0.2) is 19.1 Å². The van der Waals surface area contributed by atoms with Crippen molar-refractivity contribution >= 4 is 17.3 Å². The van der Waals surface area contributed by atoms with Gasteiger partial charge in [-0.25, -0.2) is 0 Å². The van der Waals surface area contributed by atoms with E-state index in [0.717, 1.165) is 24.8 Å². The van der Waals surface area contributed by atoms with Crippen LogP contribution in [0.15, 0.2) is 18.2 Å². The Hall–Kier alpha value is -1.55. The summed E-state index contributed by atoms with van der Waals surface area (Å²) in [6.07, 6.45) is 3.28. The highest BCUT2D eigenvalue weighted by Gasteiger charge is 2.05. The lowest BCUT2D eigenvalue weighted by Crippen LogP contribution is -2.19. The number of nitrogens with one attached hydrogen (secondary N) is 1. The molecule has 0 aromatic heterocycles. The van der Waals surface area contributed by atoms with Crippen molar-refractivity contribution in [3.8, 4) is 0 Å². The first-order valence-electron chi connectivity index (χ1n) is 6.37. The summed E-state index contributed by atoms with van der Waals surface area (Å²) in [5.41, 5.74) is 8.10. The summed E-state index contributed by atoms with van der Waals surface area (Å²) >= 11 is 0. The molecule has 0 heterocycles. The van der Waals surface area contributed by atoms with Crippen LogP contribution in [0.1, 0.15) is 31.7 Å². The molecule has 0 saturated heterocycles. The minimum Gasteiger partial charge on any atom is -0.397 e. The number of anilines is 2. The number of unbranched alkanes of at least 4 members (excludes halogenated alkanes) is 2. The molecular formula is C14H22N2O2. The Kier molecular flexibility index (Phi) is 6.22. The summed E-state index contributed by atoms with van der Waals surface area (Å²) in [5.74, 6) is -0.165. The van der Waals surface area contributed by atoms with Gasteiger partial charge in [-0.05, 0) is 31.0 Å². The maximum atomic E-state index is 11.6. The second-order valence-electron chi connectivity index (χ2n) is 4.40. The Morgan fingerprint density at radius 3 is 2.83 bits per heavy atom. The predicted molar refractivity (Wildman–Crippen MR) is 74.6 cm³/mol. The molecule has 0 aliphatic carbocycles. The molecule has 0 spiro atoms.